The normalized spacial score (nSPS) is 15.5. The summed E-state index contributed by atoms with van der Waals surface area (Å²) in [6, 6.07) is 2.89. The summed E-state index contributed by atoms with van der Waals surface area (Å²) in [6.07, 6.45) is 1.54. The standard InChI is InChI=1S/C15H15IN2O6/c1-18-14(20)10(17-15(18)21)5-8-4-9(16)13(11(6-8)22-2)24-7-12(19)23-3/h4-6H,7H2,1-3H3,(H,17,21)/b10-5+. The lowest BCUT2D eigenvalue weighted by Crippen LogP contribution is -2.25. The van der Waals surface area contributed by atoms with Gasteiger partial charge in [0.25, 0.3) is 5.91 Å². The summed E-state index contributed by atoms with van der Waals surface area (Å²) in [6.45, 7) is -0.247. The zero-order valence-corrected chi connectivity index (χ0v) is 15.4. The lowest BCUT2D eigenvalue weighted by atomic mass is 10.1. The molecule has 2 rings (SSSR count). The molecule has 1 saturated heterocycles. The van der Waals surface area contributed by atoms with Crippen LogP contribution in [0.5, 0.6) is 11.5 Å². The van der Waals surface area contributed by atoms with Crippen molar-refractivity contribution in [3.63, 3.8) is 0 Å². The minimum Gasteiger partial charge on any atom is -0.493 e. The van der Waals surface area contributed by atoms with E-state index in [9.17, 15) is 14.4 Å². The molecule has 1 aliphatic rings. The van der Waals surface area contributed by atoms with E-state index < -0.39 is 17.9 Å². The number of rotatable bonds is 5. The fourth-order valence-corrected chi connectivity index (χ4v) is 2.72. The van der Waals surface area contributed by atoms with Gasteiger partial charge in [-0.1, -0.05) is 0 Å². The van der Waals surface area contributed by atoms with Gasteiger partial charge in [-0.3, -0.25) is 9.69 Å². The van der Waals surface area contributed by atoms with Gasteiger partial charge in [0.05, 0.1) is 17.8 Å². The molecule has 0 spiro atoms. The van der Waals surface area contributed by atoms with Gasteiger partial charge in [-0.15, -0.1) is 0 Å². The molecular weight excluding hydrogens is 431 g/mol. The number of amides is 3. The number of halogens is 1. The molecule has 0 aromatic heterocycles. The van der Waals surface area contributed by atoms with Crippen LogP contribution in [-0.4, -0.2) is 50.7 Å². The summed E-state index contributed by atoms with van der Waals surface area (Å²) in [5.41, 5.74) is 0.809. The number of methoxy groups -OCH3 is 2. The smallest absolute Gasteiger partial charge is 0.343 e. The minimum absolute atomic E-state index is 0.170. The van der Waals surface area contributed by atoms with Crippen LogP contribution in [0.15, 0.2) is 17.8 Å². The molecule has 0 aliphatic carbocycles. The molecular formula is C15H15IN2O6. The molecule has 9 heteroatoms. The Morgan fingerprint density at radius 3 is 2.58 bits per heavy atom. The summed E-state index contributed by atoms with van der Waals surface area (Å²) in [5.74, 6) is -0.145. The second-order valence-corrected chi connectivity index (χ2v) is 5.91. The Morgan fingerprint density at radius 1 is 1.33 bits per heavy atom. The first-order valence-corrected chi connectivity index (χ1v) is 7.83. The number of benzene rings is 1. The second kappa shape index (κ2) is 7.51. The molecule has 1 heterocycles. The van der Waals surface area contributed by atoms with Crippen LogP contribution in [-0.2, 0) is 14.3 Å². The van der Waals surface area contributed by atoms with E-state index in [4.69, 9.17) is 9.47 Å². The number of ether oxygens (including phenoxy) is 3. The van der Waals surface area contributed by atoms with Crippen LogP contribution in [0.2, 0.25) is 0 Å². The van der Waals surface area contributed by atoms with Crippen LogP contribution in [0.4, 0.5) is 4.79 Å². The highest BCUT2D eigenvalue weighted by atomic mass is 127. The van der Waals surface area contributed by atoms with Gasteiger partial charge in [-0.25, -0.2) is 9.59 Å². The first kappa shape index (κ1) is 18.0. The predicted molar refractivity (Wildman–Crippen MR) is 92.5 cm³/mol. The number of hydrogen-bond donors (Lipinski definition) is 1. The van der Waals surface area contributed by atoms with E-state index in [2.05, 4.69) is 10.1 Å². The Bertz CT molecular complexity index is 731. The van der Waals surface area contributed by atoms with Gasteiger partial charge in [-0.2, -0.15) is 0 Å². The van der Waals surface area contributed by atoms with Crippen LogP contribution in [0.3, 0.4) is 0 Å². The monoisotopic (exact) mass is 446 g/mol. The highest BCUT2D eigenvalue weighted by molar-refractivity contribution is 14.1. The van der Waals surface area contributed by atoms with E-state index in [0.29, 0.717) is 20.6 Å². The number of esters is 1. The molecule has 1 aromatic carbocycles. The Kier molecular flexibility index (Phi) is 5.65. The Morgan fingerprint density at radius 2 is 2.04 bits per heavy atom. The highest BCUT2D eigenvalue weighted by Crippen LogP contribution is 2.34. The van der Waals surface area contributed by atoms with Gasteiger partial charge in [0.2, 0.25) is 0 Å². The van der Waals surface area contributed by atoms with Crippen molar-refractivity contribution in [2.24, 2.45) is 0 Å². The van der Waals surface area contributed by atoms with Gasteiger partial charge >= 0.3 is 12.0 Å². The van der Waals surface area contributed by atoms with Crippen molar-refractivity contribution >= 4 is 46.6 Å². The largest absolute Gasteiger partial charge is 0.493 e. The van der Waals surface area contributed by atoms with Crippen molar-refractivity contribution in [1.29, 1.82) is 0 Å². The highest BCUT2D eigenvalue weighted by Gasteiger charge is 2.30. The van der Waals surface area contributed by atoms with Crippen LogP contribution >= 0.6 is 22.6 Å². The number of imide groups is 1. The van der Waals surface area contributed by atoms with Crippen molar-refractivity contribution in [1.82, 2.24) is 10.2 Å². The molecule has 1 aliphatic heterocycles. The zero-order valence-electron chi connectivity index (χ0n) is 13.2. The fourth-order valence-electron chi connectivity index (χ4n) is 1.94. The first-order valence-electron chi connectivity index (χ1n) is 6.75. The molecule has 0 atom stereocenters. The van der Waals surface area contributed by atoms with Gasteiger partial charge in [-0.05, 0) is 46.4 Å². The van der Waals surface area contributed by atoms with E-state index in [1.165, 1.54) is 21.3 Å². The molecule has 0 saturated carbocycles. The molecule has 1 aromatic rings. The zero-order chi connectivity index (χ0) is 17.9. The summed E-state index contributed by atoms with van der Waals surface area (Å²) in [7, 11) is 4.13. The Balaban J connectivity index is 2.31. The molecule has 0 radical (unpaired) electrons. The van der Waals surface area contributed by atoms with E-state index >= 15 is 0 Å². The van der Waals surface area contributed by atoms with E-state index in [1.54, 1.807) is 18.2 Å². The molecule has 128 valence electrons. The number of likely N-dealkylation sites (N-methyl/N-ethyl adjacent to an activating group) is 1. The number of hydrogen-bond acceptors (Lipinski definition) is 6. The van der Waals surface area contributed by atoms with Crippen LogP contribution in [0.25, 0.3) is 6.08 Å². The van der Waals surface area contributed by atoms with E-state index in [0.717, 1.165) is 4.90 Å². The minimum atomic E-state index is -0.513. The van der Waals surface area contributed by atoms with Crippen molar-refractivity contribution < 1.29 is 28.6 Å². The first-order chi connectivity index (χ1) is 11.4. The average molecular weight is 446 g/mol. The van der Waals surface area contributed by atoms with E-state index in [-0.39, 0.29) is 12.3 Å². The number of carbonyl (C=O) groups is 3. The number of nitrogens with zero attached hydrogens (tertiary/aromatic N) is 1. The average Bonchev–Trinajstić information content (AvgIpc) is 2.80. The lowest BCUT2D eigenvalue weighted by molar-refractivity contribution is -0.143. The van der Waals surface area contributed by atoms with Crippen LogP contribution < -0.4 is 14.8 Å². The SMILES string of the molecule is COC(=O)COc1c(I)cc(/C=C2/NC(=O)N(C)C2=O)cc1OC. The molecule has 1 N–H and O–H groups in total. The van der Waals surface area contributed by atoms with Gasteiger partial charge in [0.15, 0.2) is 18.1 Å². The van der Waals surface area contributed by atoms with Gasteiger partial charge in [0.1, 0.15) is 5.70 Å². The summed E-state index contributed by atoms with van der Waals surface area (Å²) in [5, 5.41) is 2.48. The van der Waals surface area contributed by atoms with Crippen molar-refractivity contribution in [2.45, 2.75) is 0 Å². The molecule has 3 amide bonds. The van der Waals surface area contributed by atoms with E-state index in [1.807, 2.05) is 22.6 Å². The number of urea groups is 1. The molecule has 8 nitrogen and oxygen atoms in total. The van der Waals surface area contributed by atoms with Gasteiger partial charge in [0, 0.05) is 7.05 Å². The Labute approximate surface area is 151 Å². The molecule has 24 heavy (non-hydrogen) atoms. The lowest BCUT2D eigenvalue weighted by Gasteiger charge is -2.13. The second-order valence-electron chi connectivity index (χ2n) is 4.75. The van der Waals surface area contributed by atoms with Crippen molar-refractivity contribution in [3.8, 4) is 11.5 Å². The molecule has 1 fully saturated rings. The molecule has 0 unspecified atom stereocenters. The molecule has 0 bridgehead atoms. The van der Waals surface area contributed by atoms with Crippen molar-refractivity contribution in [3.05, 3.63) is 27.0 Å². The Hall–Kier alpha value is -2.30. The third-order valence-electron chi connectivity index (χ3n) is 3.21. The predicted octanol–water partition coefficient (Wildman–Crippen LogP) is 1.37. The fraction of sp³-hybridized carbons (Fsp3) is 0.267. The van der Waals surface area contributed by atoms with Crippen LogP contribution in [0.1, 0.15) is 5.56 Å². The maximum Gasteiger partial charge on any atom is 0.343 e. The quantitative estimate of drug-likeness (QED) is 0.318. The maximum absolute atomic E-state index is 11.9. The third-order valence-corrected chi connectivity index (χ3v) is 4.01. The third kappa shape index (κ3) is 3.78. The van der Waals surface area contributed by atoms with Gasteiger partial charge < -0.3 is 19.5 Å². The number of nitrogens with one attached hydrogen (secondary N) is 1. The summed E-state index contributed by atoms with van der Waals surface area (Å²) >= 11 is 2.02. The number of carbonyl (C=O) groups excluding carboxylic acids is 3. The maximum atomic E-state index is 11.9. The van der Waals surface area contributed by atoms with Crippen LogP contribution in [0, 0.1) is 3.57 Å². The van der Waals surface area contributed by atoms with Crippen molar-refractivity contribution in [2.75, 3.05) is 27.9 Å². The topological polar surface area (TPSA) is 94.2 Å². The summed E-state index contributed by atoms with van der Waals surface area (Å²) in [4.78, 5) is 35.6. The summed E-state index contributed by atoms with van der Waals surface area (Å²) < 4.78 is 15.9.